The second-order valence-corrected chi connectivity index (χ2v) is 8.93. The fraction of sp³-hybridized carbons (Fsp3) is 1.00. The molecule has 6 N–H and O–H groups in total. The first-order chi connectivity index (χ1) is 8.24. The Balaban J connectivity index is 3.08. The van der Waals surface area contributed by atoms with Crippen molar-refractivity contribution in [1.29, 1.82) is 0 Å². The fourth-order valence-electron chi connectivity index (χ4n) is 3.36. The number of hydrogen-bond acceptors (Lipinski definition) is 4. The van der Waals surface area contributed by atoms with Crippen molar-refractivity contribution in [2.24, 2.45) is 35.0 Å². The zero-order chi connectivity index (χ0) is 15.2. The smallest absolute Gasteiger partial charge is 0.0136 e. The highest BCUT2D eigenvalue weighted by Gasteiger charge is 2.48. The van der Waals surface area contributed by atoms with Crippen molar-refractivity contribution in [2.75, 3.05) is 0 Å². The molecule has 0 radical (unpaired) electrons. The quantitative estimate of drug-likeness (QED) is 0.601. The van der Waals surface area contributed by atoms with Crippen LogP contribution < -0.4 is 17.2 Å². The topological polar surface area (TPSA) is 78.1 Å². The minimum Gasteiger partial charge on any atom is -0.325 e. The van der Waals surface area contributed by atoms with Gasteiger partial charge in [-0.25, -0.2) is 0 Å². The van der Waals surface area contributed by atoms with E-state index in [2.05, 4.69) is 41.5 Å². The van der Waals surface area contributed by atoms with Crippen molar-refractivity contribution in [1.82, 2.24) is 0 Å². The van der Waals surface area contributed by atoms with Crippen LogP contribution in [0.4, 0.5) is 0 Å². The van der Waals surface area contributed by atoms with Crippen molar-refractivity contribution in [3.05, 3.63) is 0 Å². The summed E-state index contributed by atoms with van der Waals surface area (Å²) in [6.45, 7) is 12.6. The summed E-state index contributed by atoms with van der Waals surface area (Å²) in [4.78, 5) is 0. The van der Waals surface area contributed by atoms with Crippen LogP contribution in [0.2, 0.25) is 0 Å². The van der Waals surface area contributed by atoms with Crippen LogP contribution in [0.25, 0.3) is 0 Å². The fourth-order valence-corrected chi connectivity index (χ4v) is 4.38. The molecular formula is C15H33N3S. The van der Waals surface area contributed by atoms with Crippen LogP contribution >= 0.6 is 12.6 Å². The van der Waals surface area contributed by atoms with E-state index in [0.717, 1.165) is 12.8 Å². The predicted octanol–water partition coefficient (Wildman–Crippen LogP) is 2.14. The van der Waals surface area contributed by atoms with Crippen molar-refractivity contribution < 1.29 is 0 Å². The Morgan fingerprint density at radius 3 is 1.26 bits per heavy atom. The number of rotatable bonds is 3. The van der Waals surface area contributed by atoms with Crippen LogP contribution in [0.1, 0.15) is 54.4 Å². The molecule has 2 atom stereocenters. The normalized spacial score (nSPS) is 34.4. The first-order valence-electron chi connectivity index (χ1n) is 7.29. The van der Waals surface area contributed by atoms with Crippen LogP contribution in [0.3, 0.4) is 0 Å². The number of nitrogens with two attached hydrogens (primary N) is 3. The van der Waals surface area contributed by atoms with E-state index in [9.17, 15) is 0 Å². The SMILES string of the molecule is CC(C)(N)C1CC(C(C)(C)N)C(S)C(C(C)(C)N)C1. The number of thiol groups is 1. The molecular weight excluding hydrogens is 254 g/mol. The molecule has 1 aliphatic rings. The Hall–Kier alpha value is 0.230. The van der Waals surface area contributed by atoms with Gasteiger partial charge in [0.15, 0.2) is 0 Å². The van der Waals surface area contributed by atoms with Crippen molar-refractivity contribution >= 4 is 12.6 Å². The summed E-state index contributed by atoms with van der Waals surface area (Å²) in [6, 6.07) is 0. The molecule has 0 saturated heterocycles. The largest absolute Gasteiger partial charge is 0.325 e. The third-order valence-corrected chi connectivity index (χ3v) is 5.58. The lowest BCUT2D eigenvalue weighted by atomic mass is 9.60. The van der Waals surface area contributed by atoms with Gasteiger partial charge in [-0.3, -0.25) is 0 Å². The van der Waals surface area contributed by atoms with Crippen LogP contribution in [0, 0.1) is 17.8 Å². The highest BCUT2D eigenvalue weighted by Crippen LogP contribution is 2.46. The van der Waals surface area contributed by atoms with E-state index in [1.165, 1.54) is 0 Å². The summed E-state index contributed by atoms with van der Waals surface area (Å²) >= 11 is 4.87. The average Bonchev–Trinajstić information content (AvgIpc) is 2.11. The van der Waals surface area contributed by atoms with Crippen LogP contribution in [-0.2, 0) is 0 Å². The van der Waals surface area contributed by atoms with E-state index < -0.39 is 0 Å². The van der Waals surface area contributed by atoms with Gasteiger partial charge in [-0.15, -0.1) is 0 Å². The summed E-state index contributed by atoms with van der Waals surface area (Å²) in [5.74, 6) is 1.12. The molecule has 0 amide bonds. The summed E-state index contributed by atoms with van der Waals surface area (Å²) in [7, 11) is 0. The van der Waals surface area contributed by atoms with Crippen molar-refractivity contribution in [2.45, 2.75) is 76.3 Å². The van der Waals surface area contributed by atoms with E-state index in [1.807, 2.05) is 0 Å². The van der Waals surface area contributed by atoms with Gasteiger partial charge in [0.2, 0.25) is 0 Å². The minimum absolute atomic E-state index is 0.194. The van der Waals surface area contributed by atoms with Crippen molar-refractivity contribution in [3.63, 3.8) is 0 Å². The highest BCUT2D eigenvalue weighted by atomic mass is 32.1. The third-order valence-electron chi connectivity index (χ3n) is 4.86. The standard InChI is InChI=1S/C15H33N3S/c1-13(2,16)9-7-10(14(3,4)17)12(19)11(8-9)15(5,6)18/h9-12,19H,7-8,16-18H2,1-6H3. The van der Waals surface area contributed by atoms with E-state index in [-0.39, 0.29) is 21.9 Å². The molecule has 0 spiro atoms. The third kappa shape index (κ3) is 4.10. The van der Waals surface area contributed by atoms with E-state index in [1.54, 1.807) is 0 Å². The van der Waals surface area contributed by atoms with E-state index in [0.29, 0.717) is 17.8 Å². The molecule has 0 aromatic rings. The Bertz CT molecular complexity index is 285. The van der Waals surface area contributed by atoms with Gasteiger partial charge in [0, 0.05) is 21.9 Å². The first-order valence-corrected chi connectivity index (χ1v) is 7.81. The first kappa shape index (κ1) is 17.3. The van der Waals surface area contributed by atoms with E-state index >= 15 is 0 Å². The average molecular weight is 288 g/mol. The molecule has 3 nitrogen and oxygen atoms in total. The predicted molar refractivity (Wildman–Crippen MR) is 87.3 cm³/mol. The maximum absolute atomic E-state index is 6.38. The maximum atomic E-state index is 6.38. The molecule has 0 aliphatic heterocycles. The maximum Gasteiger partial charge on any atom is 0.0136 e. The van der Waals surface area contributed by atoms with Crippen LogP contribution in [0.15, 0.2) is 0 Å². The van der Waals surface area contributed by atoms with Gasteiger partial charge in [0.05, 0.1) is 0 Å². The van der Waals surface area contributed by atoms with Crippen LogP contribution in [-0.4, -0.2) is 21.9 Å². The van der Waals surface area contributed by atoms with Gasteiger partial charge in [-0.1, -0.05) is 0 Å². The van der Waals surface area contributed by atoms with Gasteiger partial charge < -0.3 is 17.2 Å². The summed E-state index contributed by atoms with van der Waals surface area (Å²) < 4.78 is 0. The molecule has 4 heteroatoms. The Kier molecular flexibility index (Phi) is 4.74. The molecule has 0 aromatic carbocycles. The summed E-state index contributed by atoms with van der Waals surface area (Å²) in [5.41, 5.74) is 18.4. The molecule has 1 rings (SSSR count). The second-order valence-electron chi connectivity index (χ2n) is 8.34. The zero-order valence-electron chi connectivity index (χ0n) is 13.4. The molecule has 0 aromatic heterocycles. The molecule has 0 bridgehead atoms. The minimum atomic E-state index is -0.250. The van der Waals surface area contributed by atoms with Gasteiger partial charge in [-0.2, -0.15) is 12.6 Å². The Morgan fingerprint density at radius 1 is 0.737 bits per heavy atom. The van der Waals surface area contributed by atoms with Gasteiger partial charge in [0.25, 0.3) is 0 Å². The van der Waals surface area contributed by atoms with E-state index in [4.69, 9.17) is 29.8 Å². The Morgan fingerprint density at radius 2 is 1.05 bits per heavy atom. The summed E-state index contributed by atoms with van der Waals surface area (Å²) in [6.07, 6.45) is 2.07. The molecule has 19 heavy (non-hydrogen) atoms. The van der Waals surface area contributed by atoms with Gasteiger partial charge >= 0.3 is 0 Å². The molecule has 2 unspecified atom stereocenters. The van der Waals surface area contributed by atoms with Gasteiger partial charge in [0.1, 0.15) is 0 Å². The zero-order valence-corrected chi connectivity index (χ0v) is 14.3. The molecule has 1 fully saturated rings. The van der Waals surface area contributed by atoms with Gasteiger partial charge in [-0.05, 0) is 72.1 Å². The van der Waals surface area contributed by atoms with Crippen molar-refractivity contribution in [3.8, 4) is 0 Å². The second kappa shape index (κ2) is 5.21. The lowest BCUT2D eigenvalue weighted by Crippen LogP contribution is -2.59. The lowest BCUT2D eigenvalue weighted by molar-refractivity contribution is 0.0782. The number of hydrogen-bond donors (Lipinski definition) is 4. The molecule has 0 heterocycles. The highest BCUT2D eigenvalue weighted by molar-refractivity contribution is 7.81. The molecule has 114 valence electrons. The molecule has 1 aliphatic carbocycles. The Labute approximate surface area is 124 Å². The molecule has 1 saturated carbocycles. The summed E-state index contributed by atoms with van der Waals surface area (Å²) in [5, 5.41) is 0.235. The lowest BCUT2D eigenvalue weighted by Gasteiger charge is -2.52. The van der Waals surface area contributed by atoms with Crippen LogP contribution in [0.5, 0.6) is 0 Å². The monoisotopic (exact) mass is 287 g/mol.